The highest BCUT2D eigenvalue weighted by atomic mass is 79.9. The molecular weight excluding hydrogens is 451 g/mol. The van der Waals surface area contributed by atoms with E-state index in [0.717, 1.165) is 16.8 Å². The first-order chi connectivity index (χ1) is 14.4. The zero-order valence-corrected chi connectivity index (χ0v) is 17.9. The molecule has 0 saturated heterocycles. The molecule has 6 nitrogen and oxygen atoms in total. The number of hydrogen-bond acceptors (Lipinski definition) is 4. The summed E-state index contributed by atoms with van der Waals surface area (Å²) in [4.78, 5) is 17.0. The Hall–Kier alpha value is -3.26. The first kappa shape index (κ1) is 20.0. The van der Waals surface area contributed by atoms with Crippen molar-refractivity contribution in [1.29, 1.82) is 0 Å². The van der Waals surface area contributed by atoms with Crippen molar-refractivity contribution in [1.82, 2.24) is 14.7 Å². The van der Waals surface area contributed by atoms with Gasteiger partial charge in [0.05, 0.1) is 4.47 Å². The number of aryl methyl sites for hydroxylation is 2. The predicted molar refractivity (Wildman–Crippen MR) is 115 cm³/mol. The summed E-state index contributed by atoms with van der Waals surface area (Å²) in [6.45, 7) is 4.06. The number of halogens is 2. The minimum Gasteiger partial charge on any atom is -0.334 e. The molecule has 0 radical (unpaired) electrons. The molecule has 0 saturated carbocycles. The fourth-order valence-corrected chi connectivity index (χ4v) is 3.50. The molecule has 2 aromatic heterocycles. The summed E-state index contributed by atoms with van der Waals surface area (Å²) in [6, 6.07) is 14.0. The summed E-state index contributed by atoms with van der Waals surface area (Å²) in [6.07, 6.45) is 1.77. The monoisotopic (exact) mass is 468 g/mol. The van der Waals surface area contributed by atoms with Crippen LogP contribution in [0.1, 0.15) is 11.1 Å². The normalized spacial score (nSPS) is 10.9. The Morgan fingerprint density at radius 1 is 1.20 bits per heavy atom. The Morgan fingerprint density at radius 3 is 2.80 bits per heavy atom. The van der Waals surface area contributed by atoms with Gasteiger partial charge in [0.2, 0.25) is 11.7 Å². The van der Waals surface area contributed by atoms with E-state index in [0.29, 0.717) is 21.6 Å². The van der Waals surface area contributed by atoms with E-state index in [4.69, 9.17) is 4.52 Å². The molecule has 0 bridgehead atoms. The second-order valence-electron chi connectivity index (χ2n) is 6.94. The first-order valence-electron chi connectivity index (χ1n) is 9.22. The molecule has 2 aromatic carbocycles. The van der Waals surface area contributed by atoms with E-state index in [1.807, 2.05) is 32.0 Å². The molecule has 1 amide bonds. The van der Waals surface area contributed by atoms with Crippen molar-refractivity contribution < 1.29 is 13.7 Å². The average molecular weight is 469 g/mol. The summed E-state index contributed by atoms with van der Waals surface area (Å²) >= 11 is 3.15. The number of carbonyl (C=O) groups excluding carboxylic acids is 1. The smallest absolute Gasteiger partial charge is 0.274 e. The van der Waals surface area contributed by atoms with E-state index in [9.17, 15) is 9.18 Å². The topological polar surface area (TPSA) is 73.0 Å². The van der Waals surface area contributed by atoms with Gasteiger partial charge in [0.15, 0.2) is 0 Å². The van der Waals surface area contributed by atoms with Gasteiger partial charge in [-0.15, -0.1) is 0 Å². The summed E-state index contributed by atoms with van der Waals surface area (Å²) in [7, 11) is 0. The number of anilines is 1. The van der Waals surface area contributed by atoms with Gasteiger partial charge in [0, 0.05) is 17.4 Å². The van der Waals surface area contributed by atoms with E-state index in [2.05, 4.69) is 31.4 Å². The van der Waals surface area contributed by atoms with Crippen molar-refractivity contribution >= 4 is 27.5 Å². The van der Waals surface area contributed by atoms with Crippen LogP contribution in [-0.2, 0) is 11.3 Å². The molecule has 2 heterocycles. The molecular formula is C22H18BrFN4O2. The number of benzene rings is 2. The van der Waals surface area contributed by atoms with Crippen molar-refractivity contribution in [2.75, 3.05) is 5.32 Å². The largest absolute Gasteiger partial charge is 0.334 e. The SMILES string of the molecule is Cc1ccc(NC(=O)Cn2cccc2-c2nc(-c3ccc(F)c(Br)c3)no2)c(C)c1. The molecule has 0 aliphatic carbocycles. The second kappa shape index (κ2) is 8.23. The molecule has 0 spiro atoms. The fourth-order valence-electron chi connectivity index (χ4n) is 3.12. The number of hydrogen-bond donors (Lipinski definition) is 1. The zero-order chi connectivity index (χ0) is 21.3. The maximum atomic E-state index is 13.5. The van der Waals surface area contributed by atoms with Crippen LogP contribution >= 0.6 is 15.9 Å². The van der Waals surface area contributed by atoms with Crippen LogP contribution in [-0.4, -0.2) is 20.6 Å². The lowest BCUT2D eigenvalue weighted by Gasteiger charge is -2.10. The maximum Gasteiger partial charge on any atom is 0.274 e. The lowest BCUT2D eigenvalue weighted by atomic mass is 10.1. The maximum absolute atomic E-state index is 13.5. The summed E-state index contributed by atoms with van der Waals surface area (Å²) < 4.78 is 20.9. The third-order valence-corrected chi connectivity index (χ3v) is 5.23. The number of amides is 1. The van der Waals surface area contributed by atoms with Crippen LogP contribution in [0.4, 0.5) is 10.1 Å². The molecule has 4 aromatic rings. The Bertz CT molecular complexity index is 1230. The minimum absolute atomic E-state index is 0.0927. The minimum atomic E-state index is -0.369. The van der Waals surface area contributed by atoms with Crippen LogP contribution in [0.5, 0.6) is 0 Å². The number of carbonyl (C=O) groups is 1. The van der Waals surface area contributed by atoms with Gasteiger partial charge in [-0.05, 0) is 71.7 Å². The summed E-state index contributed by atoms with van der Waals surface area (Å²) in [5.41, 5.74) is 4.15. The Balaban J connectivity index is 1.53. The second-order valence-corrected chi connectivity index (χ2v) is 7.79. The van der Waals surface area contributed by atoms with Gasteiger partial charge in [-0.25, -0.2) is 4.39 Å². The average Bonchev–Trinajstić information content (AvgIpc) is 3.35. The molecule has 152 valence electrons. The van der Waals surface area contributed by atoms with Crippen molar-refractivity contribution in [2.45, 2.75) is 20.4 Å². The van der Waals surface area contributed by atoms with Gasteiger partial charge >= 0.3 is 0 Å². The highest BCUT2D eigenvalue weighted by Crippen LogP contribution is 2.26. The van der Waals surface area contributed by atoms with E-state index >= 15 is 0 Å². The molecule has 0 aliphatic heterocycles. The van der Waals surface area contributed by atoms with Crippen LogP contribution in [0.2, 0.25) is 0 Å². The van der Waals surface area contributed by atoms with Crippen LogP contribution in [0.3, 0.4) is 0 Å². The lowest BCUT2D eigenvalue weighted by molar-refractivity contribution is -0.116. The quantitative estimate of drug-likeness (QED) is 0.427. The van der Waals surface area contributed by atoms with Crippen LogP contribution in [0.25, 0.3) is 23.0 Å². The van der Waals surface area contributed by atoms with Crippen LogP contribution < -0.4 is 5.32 Å². The zero-order valence-electron chi connectivity index (χ0n) is 16.3. The number of nitrogens with one attached hydrogen (secondary N) is 1. The van der Waals surface area contributed by atoms with Gasteiger partial charge in [0.1, 0.15) is 18.1 Å². The molecule has 30 heavy (non-hydrogen) atoms. The molecule has 0 atom stereocenters. The van der Waals surface area contributed by atoms with Crippen molar-refractivity contribution in [3.63, 3.8) is 0 Å². The third-order valence-electron chi connectivity index (χ3n) is 4.62. The standard InChI is InChI=1S/C22H18BrFN4O2/c1-13-5-8-18(14(2)10-13)25-20(29)12-28-9-3-4-19(28)22-26-21(27-30-22)15-6-7-17(24)16(23)11-15/h3-11H,12H2,1-2H3,(H,25,29). The molecule has 0 aliphatic rings. The summed E-state index contributed by atoms with van der Waals surface area (Å²) in [5, 5.41) is 6.91. The van der Waals surface area contributed by atoms with E-state index < -0.39 is 0 Å². The lowest BCUT2D eigenvalue weighted by Crippen LogP contribution is -2.19. The van der Waals surface area contributed by atoms with Gasteiger partial charge in [-0.1, -0.05) is 22.9 Å². The highest BCUT2D eigenvalue weighted by molar-refractivity contribution is 9.10. The predicted octanol–water partition coefficient (Wildman–Crippen LogP) is 5.36. The van der Waals surface area contributed by atoms with Gasteiger partial charge in [-0.2, -0.15) is 4.98 Å². The van der Waals surface area contributed by atoms with Crippen molar-refractivity contribution in [3.8, 4) is 23.0 Å². The van der Waals surface area contributed by atoms with Crippen LogP contribution in [0, 0.1) is 19.7 Å². The molecule has 4 rings (SSSR count). The molecule has 0 fully saturated rings. The van der Waals surface area contributed by atoms with Gasteiger partial charge < -0.3 is 14.4 Å². The molecule has 1 N–H and O–H groups in total. The number of aromatic nitrogens is 3. The Morgan fingerprint density at radius 2 is 2.03 bits per heavy atom. The van der Waals surface area contributed by atoms with E-state index in [1.54, 1.807) is 35.0 Å². The van der Waals surface area contributed by atoms with Gasteiger partial charge in [0.25, 0.3) is 5.89 Å². The van der Waals surface area contributed by atoms with Crippen molar-refractivity contribution in [3.05, 3.63) is 76.1 Å². The summed E-state index contributed by atoms with van der Waals surface area (Å²) in [5.74, 6) is 0.0701. The van der Waals surface area contributed by atoms with Gasteiger partial charge in [-0.3, -0.25) is 4.79 Å². The molecule has 8 heteroatoms. The van der Waals surface area contributed by atoms with E-state index in [1.165, 1.54) is 6.07 Å². The highest BCUT2D eigenvalue weighted by Gasteiger charge is 2.16. The third kappa shape index (κ3) is 4.18. The number of rotatable bonds is 5. The fraction of sp³-hybridized carbons (Fsp3) is 0.136. The molecule has 0 unspecified atom stereocenters. The number of nitrogens with zero attached hydrogens (tertiary/aromatic N) is 3. The van der Waals surface area contributed by atoms with Crippen molar-refractivity contribution in [2.24, 2.45) is 0 Å². The first-order valence-corrected chi connectivity index (χ1v) is 10.0. The Labute approximate surface area is 180 Å². The van der Waals surface area contributed by atoms with Crippen LogP contribution in [0.15, 0.2) is 63.7 Å². The Kier molecular flexibility index (Phi) is 5.50. The van der Waals surface area contributed by atoms with E-state index in [-0.39, 0.29) is 24.2 Å².